The van der Waals surface area contributed by atoms with Gasteiger partial charge in [-0.15, -0.1) is 0 Å². The van der Waals surface area contributed by atoms with E-state index >= 15 is 0 Å². The van der Waals surface area contributed by atoms with Crippen molar-refractivity contribution in [3.8, 4) is 0 Å². The van der Waals surface area contributed by atoms with Crippen LogP contribution in [-0.2, 0) is 14.3 Å². The van der Waals surface area contributed by atoms with Crippen LogP contribution >= 0.6 is 0 Å². The fraction of sp³-hybridized carbons (Fsp3) is 0.864. The summed E-state index contributed by atoms with van der Waals surface area (Å²) in [7, 11) is 0. The molecule has 0 saturated heterocycles. The predicted octanol–water partition coefficient (Wildman–Crippen LogP) is 17.6. The first-order chi connectivity index (χ1) is 32.0. The highest BCUT2D eigenvalue weighted by molar-refractivity contribution is 5.76. The Labute approximate surface area is 404 Å². The first-order valence-electron chi connectivity index (χ1n) is 28.8. The Morgan fingerprint density at radius 3 is 1.20 bits per heavy atom. The smallest absolute Gasteiger partial charge is 0.305 e. The molecule has 6 heteroatoms. The molecular weight excluding hydrogens is 803 g/mol. The SMILES string of the molecule is CCCCC/C=C\C/C=C\CCCCCCCCCCCC(=O)OCCCCCCCCCCCCCCC(=O)NC(CO)C(O)/C=C/CCCCCCCCCCCCCCCCC. The fourth-order valence-corrected chi connectivity index (χ4v) is 8.72. The lowest BCUT2D eigenvalue weighted by Gasteiger charge is -2.20. The van der Waals surface area contributed by atoms with Gasteiger partial charge < -0.3 is 20.3 Å². The van der Waals surface area contributed by atoms with E-state index in [9.17, 15) is 19.8 Å². The Morgan fingerprint density at radius 1 is 0.431 bits per heavy atom. The normalized spacial score (nSPS) is 12.9. The quantitative estimate of drug-likeness (QED) is 0.0321. The van der Waals surface area contributed by atoms with Crippen LogP contribution in [0.5, 0.6) is 0 Å². The van der Waals surface area contributed by atoms with Crippen molar-refractivity contribution in [2.24, 2.45) is 0 Å². The van der Waals surface area contributed by atoms with Crippen molar-refractivity contribution in [3.05, 3.63) is 36.5 Å². The van der Waals surface area contributed by atoms with Gasteiger partial charge >= 0.3 is 5.97 Å². The number of allylic oxidation sites excluding steroid dienone is 5. The number of hydrogen-bond acceptors (Lipinski definition) is 5. The molecule has 1 amide bonds. The summed E-state index contributed by atoms with van der Waals surface area (Å²) in [6.07, 6.45) is 67.2. The van der Waals surface area contributed by atoms with Crippen molar-refractivity contribution in [3.63, 3.8) is 0 Å². The fourth-order valence-electron chi connectivity index (χ4n) is 8.72. The summed E-state index contributed by atoms with van der Waals surface area (Å²) in [6, 6.07) is -0.640. The van der Waals surface area contributed by atoms with E-state index in [1.165, 1.54) is 212 Å². The largest absolute Gasteiger partial charge is 0.466 e. The van der Waals surface area contributed by atoms with Gasteiger partial charge in [0.1, 0.15) is 0 Å². The molecule has 3 N–H and O–H groups in total. The second-order valence-electron chi connectivity index (χ2n) is 19.6. The molecule has 382 valence electrons. The molecule has 0 aromatic rings. The zero-order valence-corrected chi connectivity index (χ0v) is 43.5. The van der Waals surface area contributed by atoms with E-state index in [1.807, 2.05) is 6.08 Å². The second kappa shape index (κ2) is 54.7. The molecule has 0 spiro atoms. The van der Waals surface area contributed by atoms with Gasteiger partial charge in [-0.25, -0.2) is 0 Å². The molecule has 6 nitrogen and oxygen atoms in total. The summed E-state index contributed by atoms with van der Waals surface area (Å²) < 4.78 is 5.48. The molecule has 0 radical (unpaired) electrons. The molecule has 0 bridgehead atoms. The molecule has 0 aromatic carbocycles. The van der Waals surface area contributed by atoms with Crippen LogP contribution < -0.4 is 5.32 Å². The zero-order valence-electron chi connectivity index (χ0n) is 43.5. The number of carbonyl (C=O) groups excluding carboxylic acids is 2. The summed E-state index contributed by atoms with van der Waals surface area (Å²) >= 11 is 0. The number of amides is 1. The van der Waals surface area contributed by atoms with Crippen molar-refractivity contribution in [2.45, 2.75) is 315 Å². The van der Waals surface area contributed by atoms with Gasteiger partial charge in [0.25, 0.3) is 0 Å². The number of nitrogens with one attached hydrogen (secondary N) is 1. The zero-order chi connectivity index (χ0) is 47.2. The maximum Gasteiger partial charge on any atom is 0.305 e. The van der Waals surface area contributed by atoms with Crippen LogP contribution in [0.25, 0.3) is 0 Å². The van der Waals surface area contributed by atoms with E-state index in [-0.39, 0.29) is 18.5 Å². The van der Waals surface area contributed by atoms with Crippen LogP contribution in [0.2, 0.25) is 0 Å². The monoisotopic (exact) mass is 914 g/mol. The summed E-state index contributed by atoms with van der Waals surface area (Å²) in [5.41, 5.74) is 0. The third-order valence-electron chi connectivity index (χ3n) is 13.2. The molecule has 65 heavy (non-hydrogen) atoms. The van der Waals surface area contributed by atoms with E-state index in [0.717, 1.165) is 64.2 Å². The lowest BCUT2D eigenvalue weighted by Crippen LogP contribution is -2.45. The Morgan fingerprint density at radius 2 is 0.769 bits per heavy atom. The minimum absolute atomic E-state index is 0.0145. The maximum atomic E-state index is 12.5. The number of unbranched alkanes of at least 4 members (excludes halogenated alkanes) is 38. The molecule has 2 unspecified atom stereocenters. The molecule has 0 aliphatic heterocycles. The average Bonchev–Trinajstić information content (AvgIpc) is 3.31. The van der Waals surface area contributed by atoms with Gasteiger partial charge in [-0.05, 0) is 64.2 Å². The topological polar surface area (TPSA) is 95.9 Å². The van der Waals surface area contributed by atoms with Gasteiger partial charge in [0.2, 0.25) is 5.91 Å². The summed E-state index contributed by atoms with van der Waals surface area (Å²) in [5, 5.41) is 23.1. The summed E-state index contributed by atoms with van der Waals surface area (Å²) in [4.78, 5) is 24.5. The van der Waals surface area contributed by atoms with E-state index in [2.05, 4.69) is 43.5 Å². The van der Waals surface area contributed by atoms with Crippen LogP contribution in [-0.4, -0.2) is 47.4 Å². The van der Waals surface area contributed by atoms with E-state index in [4.69, 9.17) is 4.74 Å². The number of hydrogen-bond donors (Lipinski definition) is 3. The standard InChI is InChI=1S/C59H111NO5/c1-3-5-7-9-11-13-15-17-19-21-22-24-26-28-33-37-41-45-49-53-59(64)65-54-50-46-42-38-34-30-29-32-36-40-44-48-52-58(63)60-56(55-61)57(62)51-47-43-39-35-31-27-25-23-20-18-16-14-12-10-8-6-4-2/h11,13,17,19,47,51,56-57,61-62H,3-10,12,14-16,18,20-46,48-50,52-55H2,1-2H3,(H,60,63)/b13-11-,19-17-,51-47+. The third kappa shape index (κ3) is 51.3. The lowest BCUT2D eigenvalue weighted by molar-refractivity contribution is -0.143. The number of aliphatic hydroxyl groups excluding tert-OH is 2. The van der Waals surface area contributed by atoms with Crippen molar-refractivity contribution in [1.29, 1.82) is 0 Å². The minimum Gasteiger partial charge on any atom is -0.466 e. The van der Waals surface area contributed by atoms with Gasteiger partial charge in [-0.2, -0.15) is 0 Å². The molecule has 0 aliphatic carbocycles. The Balaban J connectivity index is 3.48. The van der Waals surface area contributed by atoms with E-state index in [1.54, 1.807) is 6.08 Å². The predicted molar refractivity (Wildman–Crippen MR) is 283 cm³/mol. The van der Waals surface area contributed by atoms with Crippen LogP contribution in [0.4, 0.5) is 0 Å². The molecule has 0 rings (SSSR count). The number of esters is 1. The highest BCUT2D eigenvalue weighted by Crippen LogP contribution is 2.16. The average molecular weight is 915 g/mol. The van der Waals surface area contributed by atoms with E-state index in [0.29, 0.717) is 19.4 Å². The lowest BCUT2D eigenvalue weighted by atomic mass is 10.0. The maximum absolute atomic E-state index is 12.5. The minimum atomic E-state index is -0.856. The second-order valence-corrected chi connectivity index (χ2v) is 19.6. The van der Waals surface area contributed by atoms with Gasteiger partial charge in [0.05, 0.1) is 25.4 Å². The van der Waals surface area contributed by atoms with Gasteiger partial charge in [-0.1, -0.05) is 262 Å². The van der Waals surface area contributed by atoms with Crippen LogP contribution in [0.15, 0.2) is 36.5 Å². The number of ether oxygens (including phenoxy) is 1. The number of aliphatic hydroxyl groups is 2. The number of rotatable bonds is 53. The number of carbonyl (C=O) groups is 2. The Bertz CT molecular complexity index is 1060. The van der Waals surface area contributed by atoms with Crippen LogP contribution in [0.1, 0.15) is 303 Å². The van der Waals surface area contributed by atoms with Crippen molar-refractivity contribution in [2.75, 3.05) is 13.2 Å². The highest BCUT2D eigenvalue weighted by atomic mass is 16.5. The Kier molecular flexibility index (Phi) is 53.1. The van der Waals surface area contributed by atoms with Gasteiger partial charge in [-0.3, -0.25) is 9.59 Å². The summed E-state index contributed by atoms with van der Waals surface area (Å²) in [5.74, 6) is -0.0971. The summed E-state index contributed by atoms with van der Waals surface area (Å²) in [6.45, 7) is 4.85. The van der Waals surface area contributed by atoms with Crippen molar-refractivity contribution < 1.29 is 24.5 Å². The molecule has 0 heterocycles. The first kappa shape index (κ1) is 63.1. The third-order valence-corrected chi connectivity index (χ3v) is 13.2. The van der Waals surface area contributed by atoms with Crippen LogP contribution in [0.3, 0.4) is 0 Å². The van der Waals surface area contributed by atoms with Crippen LogP contribution in [0, 0.1) is 0 Å². The molecule has 0 fully saturated rings. The van der Waals surface area contributed by atoms with Gasteiger partial charge in [0, 0.05) is 12.8 Å². The van der Waals surface area contributed by atoms with Crippen molar-refractivity contribution in [1.82, 2.24) is 5.32 Å². The molecular formula is C59H111NO5. The van der Waals surface area contributed by atoms with E-state index < -0.39 is 12.1 Å². The highest BCUT2D eigenvalue weighted by Gasteiger charge is 2.18. The molecule has 0 aromatic heterocycles. The first-order valence-corrected chi connectivity index (χ1v) is 28.8. The molecule has 2 atom stereocenters. The Hall–Kier alpha value is -1.92. The molecule has 0 saturated carbocycles. The molecule has 0 aliphatic rings. The van der Waals surface area contributed by atoms with Crippen molar-refractivity contribution >= 4 is 11.9 Å². The van der Waals surface area contributed by atoms with Gasteiger partial charge in [0.15, 0.2) is 0 Å².